The third-order valence-electron chi connectivity index (χ3n) is 4.02. The number of pyridine rings is 1. The largest absolute Gasteiger partial charge is 0.277 e. The first-order valence-electron chi connectivity index (χ1n) is 8.14. The van der Waals surface area contributed by atoms with E-state index in [0.717, 1.165) is 5.39 Å². The number of nitrogens with zero attached hydrogens (tertiary/aromatic N) is 1. The SMILES string of the molecule is O=S(=O)(Nc1cccc2cccnc12)c1ccc(S(=O)(=O)c2ccccc2)s1. The van der Waals surface area contributed by atoms with Crippen LogP contribution < -0.4 is 4.72 Å². The van der Waals surface area contributed by atoms with E-state index in [1.165, 1.54) is 24.3 Å². The molecular formula is C19H14N2O4S3. The maximum Gasteiger partial charge on any atom is 0.271 e. The molecule has 0 amide bonds. The molecule has 0 radical (unpaired) electrons. The zero-order chi connectivity index (χ0) is 19.8. The molecule has 2 aromatic carbocycles. The molecule has 1 N–H and O–H groups in total. The van der Waals surface area contributed by atoms with Crippen LogP contribution in [0.2, 0.25) is 0 Å². The van der Waals surface area contributed by atoms with Gasteiger partial charge in [0.15, 0.2) is 0 Å². The lowest BCUT2D eigenvalue weighted by Crippen LogP contribution is -2.12. The highest BCUT2D eigenvalue weighted by atomic mass is 32.3. The van der Waals surface area contributed by atoms with Crippen molar-refractivity contribution >= 4 is 47.8 Å². The molecule has 4 rings (SSSR count). The van der Waals surface area contributed by atoms with Crippen LogP contribution in [0.3, 0.4) is 0 Å². The van der Waals surface area contributed by atoms with Crippen molar-refractivity contribution in [2.24, 2.45) is 0 Å². The highest BCUT2D eigenvalue weighted by Gasteiger charge is 2.24. The molecule has 2 aromatic heterocycles. The molecule has 0 aliphatic carbocycles. The predicted molar refractivity (Wildman–Crippen MR) is 109 cm³/mol. The molecule has 0 saturated carbocycles. The molecule has 0 atom stereocenters. The number of aromatic nitrogens is 1. The van der Waals surface area contributed by atoms with Gasteiger partial charge >= 0.3 is 0 Å². The van der Waals surface area contributed by atoms with Gasteiger partial charge in [0.1, 0.15) is 8.42 Å². The van der Waals surface area contributed by atoms with Gasteiger partial charge < -0.3 is 0 Å². The second-order valence-electron chi connectivity index (χ2n) is 5.88. The summed E-state index contributed by atoms with van der Waals surface area (Å²) in [4.78, 5) is 4.34. The van der Waals surface area contributed by atoms with Crippen LogP contribution in [0.4, 0.5) is 5.69 Å². The average molecular weight is 431 g/mol. The van der Waals surface area contributed by atoms with Crippen LogP contribution in [0, 0.1) is 0 Å². The lowest BCUT2D eigenvalue weighted by Gasteiger charge is -2.08. The summed E-state index contributed by atoms with van der Waals surface area (Å²) in [6.07, 6.45) is 1.58. The second-order valence-corrected chi connectivity index (χ2v) is 11.0. The number of para-hydroxylation sites is 1. The van der Waals surface area contributed by atoms with Gasteiger partial charge in [-0.05, 0) is 36.4 Å². The number of fused-ring (bicyclic) bond motifs is 1. The van der Waals surface area contributed by atoms with Crippen LogP contribution in [0.5, 0.6) is 0 Å². The van der Waals surface area contributed by atoms with E-state index in [0.29, 0.717) is 22.5 Å². The maximum atomic E-state index is 12.8. The fraction of sp³-hybridized carbons (Fsp3) is 0. The van der Waals surface area contributed by atoms with Crippen molar-refractivity contribution in [1.82, 2.24) is 4.98 Å². The number of benzene rings is 2. The standard InChI is InChI=1S/C19H14N2O4S3/c22-27(23,15-8-2-1-3-9-15)17-11-12-18(26-17)28(24,25)21-16-10-4-6-14-7-5-13-20-19(14)16/h1-13,21H. The molecule has 0 fully saturated rings. The van der Waals surface area contributed by atoms with Crippen molar-refractivity contribution in [2.45, 2.75) is 13.3 Å². The Hall–Kier alpha value is -2.75. The van der Waals surface area contributed by atoms with Gasteiger partial charge in [0.25, 0.3) is 10.0 Å². The van der Waals surface area contributed by atoms with Crippen LogP contribution in [0.25, 0.3) is 10.9 Å². The van der Waals surface area contributed by atoms with E-state index in [9.17, 15) is 16.8 Å². The molecule has 9 heteroatoms. The second kappa shape index (κ2) is 7.01. The summed E-state index contributed by atoms with van der Waals surface area (Å²) in [7, 11) is -7.73. The van der Waals surface area contributed by atoms with E-state index in [2.05, 4.69) is 9.71 Å². The number of rotatable bonds is 5. The van der Waals surface area contributed by atoms with Gasteiger partial charge in [-0.25, -0.2) is 16.8 Å². The maximum absolute atomic E-state index is 12.8. The summed E-state index contributed by atoms with van der Waals surface area (Å²) >= 11 is 0.707. The summed E-state index contributed by atoms with van der Waals surface area (Å²) in [5.41, 5.74) is 0.848. The first-order valence-corrected chi connectivity index (χ1v) is 11.9. The number of anilines is 1. The molecule has 0 aliphatic rings. The van der Waals surface area contributed by atoms with Crippen molar-refractivity contribution in [1.29, 1.82) is 0 Å². The van der Waals surface area contributed by atoms with Crippen molar-refractivity contribution in [2.75, 3.05) is 4.72 Å². The van der Waals surface area contributed by atoms with Crippen LogP contribution >= 0.6 is 11.3 Å². The van der Waals surface area contributed by atoms with Gasteiger partial charge in [0.2, 0.25) is 9.84 Å². The molecule has 0 unspecified atom stereocenters. The van der Waals surface area contributed by atoms with E-state index in [1.54, 1.807) is 42.6 Å². The molecule has 2 heterocycles. The number of thiophene rings is 1. The first kappa shape index (κ1) is 18.6. The number of hydrogen-bond acceptors (Lipinski definition) is 6. The number of hydrogen-bond donors (Lipinski definition) is 1. The third kappa shape index (κ3) is 3.39. The molecule has 0 spiro atoms. The average Bonchev–Trinajstić information content (AvgIpc) is 3.21. The van der Waals surface area contributed by atoms with Gasteiger partial charge in [-0.3, -0.25) is 9.71 Å². The Morgan fingerprint density at radius 2 is 1.46 bits per heavy atom. The van der Waals surface area contributed by atoms with Crippen molar-refractivity contribution < 1.29 is 16.8 Å². The van der Waals surface area contributed by atoms with Gasteiger partial charge in [0.05, 0.1) is 16.1 Å². The molecule has 142 valence electrons. The Bertz CT molecular complexity index is 1360. The summed E-state index contributed by atoms with van der Waals surface area (Å²) < 4.78 is 53.4. The zero-order valence-corrected chi connectivity index (χ0v) is 16.8. The predicted octanol–water partition coefficient (Wildman–Crippen LogP) is 3.93. The van der Waals surface area contributed by atoms with Crippen LogP contribution in [0.1, 0.15) is 0 Å². The van der Waals surface area contributed by atoms with Crippen LogP contribution in [0.15, 0.2) is 92.3 Å². The number of sulfone groups is 1. The zero-order valence-electron chi connectivity index (χ0n) is 14.3. The molecule has 0 saturated heterocycles. The molecular weight excluding hydrogens is 416 g/mol. The van der Waals surface area contributed by atoms with Gasteiger partial charge in [-0.15, -0.1) is 11.3 Å². The summed E-state index contributed by atoms with van der Waals surface area (Å²) in [5.74, 6) is 0. The smallest absolute Gasteiger partial charge is 0.271 e. The highest BCUT2D eigenvalue weighted by molar-refractivity contribution is 7.96. The third-order valence-corrected chi connectivity index (χ3v) is 9.22. The lowest BCUT2D eigenvalue weighted by molar-refractivity contribution is 0.597. The first-order chi connectivity index (χ1) is 13.4. The minimum absolute atomic E-state index is 0.0323. The highest BCUT2D eigenvalue weighted by Crippen LogP contribution is 2.32. The Kier molecular flexibility index (Phi) is 4.66. The minimum atomic E-state index is -3.96. The van der Waals surface area contributed by atoms with E-state index in [-0.39, 0.29) is 13.3 Å². The molecule has 6 nitrogen and oxygen atoms in total. The van der Waals surface area contributed by atoms with Gasteiger partial charge in [-0.2, -0.15) is 0 Å². The van der Waals surface area contributed by atoms with E-state index in [4.69, 9.17) is 0 Å². The van der Waals surface area contributed by atoms with Crippen LogP contribution in [-0.2, 0) is 19.9 Å². The molecule has 4 aromatic rings. The van der Waals surface area contributed by atoms with Gasteiger partial charge in [0, 0.05) is 11.6 Å². The summed E-state index contributed by atoms with van der Waals surface area (Å²) in [6.45, 7) is 0. The lowest BCUT2D eigenvalue weighted by atomic mass is 10.2. The number of sulfonamides is 1. The molecule has 0 aliphatic heterocycles. The fourth-order valence-electron chi connectivity index (χ4n) is 2.69. The van der Waals surface area contributed by atoms with E-state index < -0.39 is 19.9 Å². The monoisotopic (exact) mass is 430 g/mol. The summed E-state index contributed by atoms with van der Waals surface area (Å²) in [5, 5.41) is 0.793. The van der Waals surface area contributed by atoms with E-state index >= 15 is 0 Å². The quantitative estimate of drug-likeness (QED) is 0.518. The Morgan fingerprint density at radius 3 is 2.25 bits per heavy atom. The number of nitrogens with one attached hydrogen (secondary N) is 1. The minimum Gasteiger partial charge on any atom is -0.277 e. The fourth-order valence-corrected chi connectivity index (χ4v) is 6.95. The topological polar surface area (TPSA) is 93.2 Å². The van der Waals surface area contributed by atoms with Crippen LogP contribution in [-0.4, -0.2) is 21.8 Å². The Labute approximate surface area is 166 Å². The van der Waals surface area contributed by atoms with Crippen molar-refractivity contribution in [3.63, 3.8) is 0 Å². The summed E-state index contributed by atoms with van der Waals surface area (Å²) in [6, 6.07) is 19.3. The normalized spacial score (nSPS) is 12.1. The molecule has 28 heavy (non-hydrogen) atoms. The van der Waals surface area contributed by atoms with Crippen molar-refractivity contribution in [3.05, 3.63) is 79.0 Å². The van der Waals surface area contributed by atoms with Crippen molar-refractivity contribution in [3.8, 4) is 0 Å². The Balaban J connectivity index is 1.70. The molecule has 0 bridgehead atoms. The van der Waals surface area contributed by atoms with Gasteiger partial charge in [-0.1, -0.05) is 36.4 Å². The Morgan fingerprint density at radius 1 is 0.750 bits per heavy atom. The van der Waals surface area contributed by atoms with E-state index in [1.807, 2.05) is 12.1 Å².